The van der Waals surface area contributed by atoms with E-state index in [4.69, 9.17) is 4.74 Å². The second kappa shape index (κ2) is 4.04. The molecule has 0 aliphatic rings. The molecule has 0 bridgehead atoms. The van der Waals surface area contributed by atoms with Crippen molar-refractivity contribution >= 4 is 22.0 Å². The Labute approximate surface area is 87.7 Å². The number of hydrogen-bond acceptors (Lipinski definition) is 3. The zero-order valence-corrected chi connectivity index (χ0v) is 12.0. The Morgan fingerprint density at radius 1 is 1.14 bits per heavy atom. The summed E-state index contributed by atoms with van der Waals surface area (Å²) in [4.78, 5) is 28.9. The monoisotopic (exact) mass is 304 g/mol. The molecule has 0 unspecified atom stereocenters. The first-order valence-electron chi connectivity index (χ1n) is 4.86. The minimum atomic E-state index is -2.43. The van der Waals surface area contributed by atoms with Crippen molar-refractivity contribution in [1.29, 1.82) is 0 Å². The summed E-state index contributed by atoms with van der Waals surface area (Å²) in [6, 6.07) is 0. The van der Waals surface area contributed by atoms with Gasteiger partial charge in [-0.1, -0.05) is 0 Å². The SMILES string of the molecule is CCCOc1[c]([Sn]([CH3])([CH3])[CH3])c(=O)c1=O. The molecular formula is C10H16O3Sn. The summed E-state index contributed by atoms with van der Waals surface area (Å²) < 4.78 is 6.06. The van der Waals surface area contributed by atoms with Gasteiger partial charge in [0.15, 0.2) is 0 Å². The maximum atomic E-state index is 11.3. The Morgan fingerprint density at radius 3 is 2.14 bits per heavy atom. The van der Waals surface area contributed by atoms with Gasteiger partial charge in [-0.15, -0.1) is 0 Å². The molecule has 0 N–H and O–H groups in total. The summed E-state index contributed by atoms with van der Waals surface area (Å²) in [6.45, 7) is 2.51. The van der Waals surface area contributed by atoms with Gasteiger partial charge in [-0.25, -0.2) is 0 Å². The van der Waals surface area contributed by atoms with E-state index in [0.717, 1.165) is 10.0 Å². The first kappa shape index (κ1) is 11.8. The number of hydrogen-bond donors (Lipinski definition) is 0. The van der Waals surface area contributed by atoms with Crippen molar-refractivity contribution in [3.05, 3.63) is 20.4 Å². The molecule has 0 saturated heterocycles. The van der Waals surface area contributed by atoms with Gasteiger partial charge < -0.3 is 0 Å². The van der Waals surface area contributed by atoms with E-state index in [2.05, 4.69) is 14.8 Å². The van der Waals surface area contributed by atoms with E-state index >= 15 is 0 Å². The van der Waals surface area contributed by atoms with E-state index in [9.17, 15) is 9.59 Å². The summed E-state index contributed by atoms with van der Waals surface area (Å²) in [5.74, 6) is 0.375. The molecule has 0 aliphatic heterocycles. The fourth-order valence-corrected chi connectivity index (χ4v) is 6.14. The van der Waals surface area contributed by atoms with Gasteiger partial charge in [0.05, 0.1) is 0 Å². The summed E-state index contributed by atoms with van der Waals surface area (Å²) in [7, 11) is 0. The molecule has 78 valence electrons. The van der Waals surface area contributed by atoms with Crippen molar-refractivity contribution in [3.63, 3.8) is 0 Å². The van der Waals surface area contributed by atoms with Gasteiger partial charge >= 0.3 is 87.7 Å². The first-order chi connectivity index (χ1) is 6.39. The molecule has 0 radical (unpaired) electrons. The van der Waals surface area contributed by atoms with E-state index < -0.39 is 23.8 Å². The van der Waals surface area contributed by atoms with Gasteiger partial charge in [-0.05, 0) is 0 Å². The third-order valence-electron chi connectivity index (χ3n) is 2.07. The Kier molecular flexibility index (Phi) is 3.39. The molecule has 3 nitrogen and oxygen atoms in total. The Balaban J connectivity index is 3.02. The van der Waals surface area contributed by atoms with Crippen LogP contribution in [0.2, 0.25) is 14.8 Å². The molecule has 0 spiro atoms. The third-order valence-corrected chi connectivity index (χ3v) is 7.64. The molecule has 1 aromatic carbocycles. The molecule has 1 aromatic rings. The Hall–Kier alpha value is -0.321. The number of rotatable bonds is 4. The Morgan fingerprint density at radius 2 is 1.71 bits per heavy atom. The van der Waals surface area contributed by atoms with Crippen molar-refractivity contribution in [2.45, 2.75) is 28.2 Å². The predicted octanol–water partition coefficient (Wildman–Crippen LogP) is 0.617. The quantitative estimate of drug-likeness (QED) is 0.605. The molecule has 0 atom stereocenters. The van der Waals surface area contributed by atoms with Crippen LogP contribution in [0.3, 0.4) is 0 Å². The molecule has 1 rings (SSSR count). The molecular weight excluding hydrogens is 287 g/mol. The fraction of sp³-hybridized carbons (Fsp3) is 0.600. The van der Waals surface area contributed by atoms with Crippen molar-refractivity contribution in [1.82, 2.24) is 0 Å². The average molecular weight is 303 g/mol. The van der Waals surface area contributed by atoms with Crippen molar-refractivity contribution in [2.75, 3.05) is 6.61 Å². The maximum absolute atomic E-state index is 11.3. The molecule has 0 amide bonds. The van der Waals surface area contributed by atoms with Crippen molar-refractivity contribution < 1.29 is 4.74 Å². The van der Waals surface area contributed by atoms with E-state index in [0.29, 0.717) is 12.4 Å². The van der Waals surface area contributed by atoms with E-state index in [1.807, 2.05) is 6.92 Å². The van der Waals surface area contributed by atoms with Crippen molar-refractivity contribution in [3.8, 4) is 5.75 Å². The minimum absolute atomic E-state index is 0.292. The van der Waals surface area contributed by atoms with Crippen LogP contribution in [0.1, 0.15) is 13.3 Å². The van der Waals surface area contributed by atoms with Crippen LogP contribution >= 0.6 is 0 Å². The van der Waals surface area contributed by atoms with Crippen LogP contribution in [0.4, 0.5) is 0 Å². The second-order valence-electron chi connectivity index (χ2n) is 4.46. The van der Waals surface area contributed by atoms with E-state index in [1.165, 1.54) is 0 Å². The van der Waals surface area contributed by atoms with Crippen LogP contribution in [0, 0.1) is 0 Å². The van der Waals surface area contributed by atoms with Crippen LogP contribution < -0.4 is 19.2 Å². The van der Waals surface area contributed by atoms with Gasteiger partial charge in [-0.3, -0.25) is 0 Å². The van der Waals surface area contributed by atoms with Gasteiger partial charge in [0.1, 0.15) is 0 Å². The van der Waals surface area contributed by atoms with Crippen molar-refractivity contribution in [2.24, 2.45) is 0 Å². The molecule has 0 heterocycles. The molecule has 0 fully saturated rings. The summed E-state index contributed by atoms with van der Waals surface area (Å²) >= 11 is -2.43. The first-order valence-corrected chi connectivity index (χ1v) is 14.8. The van der Waals surface area contributed by atoms with E-state index in [-0.39, 0.29) is 5.43 Å². The van der Waals surface area contributed by atoms with E-state index in [1.54, 1.807) is 0 Å². The summed E-state index contributed by atoms with van der Waals surface area (Å²) in [6.07, 6.45) is 0.859. The average Bonchev–Trinajstić information content (AvgIpc) is 2.08. The normalized spacial score (nSPS) is 12.0. The molecule has 14 heavy (non-hydrogen) atoms. The topological polar surface area (TPSA) is 43.4 Å². The van der Waals surface area contributed by atoms with Crippen LogP contribution in [-0.4, -0.2) is 25.0 Å². The van der Waals surface area contributed by atoms with Crippen LogP contribution in [0.25, 0.3) is 0 Å². The van der Waals surface area contributed by atoms with Gasteiger partial charge in [0.25, 0.3) is 0 Å². The molecule has 4 heteroatoms. The zero-order chi connectivity index (χ0) is 10.9. The fourth-order valence-electron chi connectivity index (χ4n) is 1.39. The zero-order valence-electron chi connectivity index (χ0n) is 9.14. The molecule has 0 saturated carbocycles. The van der Waals surface area contributed by atoms with Crippen LogP contribution in [0.15, 0.2) is 9.59 Å². The molecule has 0 aromatic heterocycles. The summed E-state index contributed by atoms with van der Waals surface area (Å²) in [5.41, 5.74) is -0.709. The van der Waals surface area contributed by atoms with Gasteiger partial charge in [-0.2, -0.15) is 0 Å². The van der Waals surface area contributed by atoms with Crippen LogP contribution in [0.5, 0.6) is 5.75 Å². The molecule has 0 aliphatic carbocycles. The number of ether oxygens (including phenoxy) is 1. The van der Waals surface area contributed by atoms with Gasteiger partial charge in [0, 0.05) is 0 Å². The standard InChI is InChI=1S/C7H7O3.3CH3.Sn/c1-2-3-10-6-4-5(8)7(6)9;;;;/h2-3H2,1H3;3*1H3;. The predicted molar refractivity (Wildman–Crippen MR) is 60.1 cm³/mol. The third kappa shape index (κ3) is 2.02. The second-order valence-corrected chi connectivity index (χ2v) is 18.7. The van der Waals surface area contributed by atoms with Gasteiger partial charge in [0.2, 0.25) is 0 Å². The van der Waals surface area contributed by atoms with Crippen LogP contribution in [-0.2, 0) is 0 Å². The Bertz CT molecular complexity index is 394. The summed E-state index contributed by atoms with van der Waals surface area (Å²) in [5, 5.41) is 0.